The van der Waals surface area contributed by atoms with Gasteiger partial charge in [-0.25, -0.2) is 0 Å². The summed E-state index contributed by atoms with van der Waals surface area (Å²) in [5, 5.41) is 3.45. The molecule has 1 nitrogen and oxygen atoms in total. The first-order chi connectivity index (χ1) is 5.18. The van der Waals surface area contributed by atoms with E-state index in [1.54, 1.807) is 0 Å². The van der Waals surface area contributed by atoms with Gasteiger partial charge >= 0.3 is 0 Å². The van der Waals surface area contributed by atoms with E-state index >= 15 is 0 Å². The van der Waals surface area contributed by atoms with Crippen molar-refractivity contribution in [2.45, 2.75) is 38.6 Å². The van der Waals surface area contributed by atoms with Gasteiger partial charge in [-0.1, -0.05) is 19.8 Å². The molecular formula is C10H17N. The van der Waals surface area contributed by atoms with Crippen molar-refractivity contribution in [2.75, 3.05) is 6.54 Å². The summed E-state index contributed by atoms with van der Waals surface area (Å²) in [5.41, 5.74) is 0.0737. The monoisotopic (exact) mass is 151 g/mol. The molecule has 1 aliphatic rings. The maximum atomic E-state index is 5.44. The Morgan fingerprint density at radius 3 is 2.45 bits per heavy atom. The van der Waals surface area contributed by atoms with Crippen LogP contribution in [-0.4, -0.2) is 12.1 Å². The van der Waals surface area contributed by atoms with Crippen LogP contribution in [0.2, 0.25) is 0 Å². The average molecular weight is 151 g/mol. The number of hydrogen-bond donors (Lipinski definition) is 1. The van der Waals surface area contributed by atoms with Crippen LogP contribution in [0.4, 0.5) is 0 Å². The summed E-state index contributed by atoms with van der Waals surface area (Å²) < 4.78 is 0. The minimum absolute atomic E-state index is 0.0737. The largest absolute Gasteiger partial charge is 0.301 e. The van der Waals surface area contributed by atoms with E-state index in [2.05, 4.69) is 25.1 Å². The van der Waals surface area contributed by atoms with Gasteiger partial charge in [-0.05, 0) is 31.7 Å². The number of rotatable bonds is 3. The summed E-state index contributed by atoms with van der Waals surface area (Å²) >= 11 is 0. The van der Waals surface area contributed by atoms with E-state index in [1.807, 2.05) is 0 Å². The molecule has 0 unspecified atom stereocenters. The minimum atomic E-state index is 0.0737. The predicted octanol–water partition coefficient (Wildman–Crippen LogP) is 1.79. The Bertz CT molecular complexity index is 160. The van der Waals surface area contributed by atoms with Gasteiger partial charge in [-0.3, -0.25) is 0 Å². The number of hydrogen-bond acceptors (Lipinski definition) is 1. The Hall–Kier alpha value is -0.480. The Morgan fingerprint density at radius 1 is 1.55 bits per heavy atom. The summed E-state index contributed by atoms with van der Waals surface area (Å²) in [4.78, 5) is 0. The van der Waals surface area contributed by atoms with Gasteiger partial charge in [-0.2, -0.15) is 0 Å². The van der Waals surface area contributed by atoms with E-state index in [0.29, 0.717) is 5.92 Å². The minimum Gasteiger partial charge on any atom is -0.301 e. The highest BCUT2D eigenvalue weighted by molar-refractivity contribution is 5.17. The lowest BCUT2D eigenvalue weighted by Gasteiger charge is -2.38. The average Bonchev–Trinajstić information content (AvgIpc) is 1.86. The first-order valence-corrected chi connectivity index (χ1v) is 4.41. The smallest absolute Gasteiger partial charge is 0.0798 e. The summed E-state index contributed by atoms with van der Waals surface area (Å²) in [6.45, 7) is 5.45. The van der Waals surface area contributed by atoms with Crippen LogP contribution < -0.4 is 5.32 Å². The molecule has 0 heterocycles. The molecule has 0 bridgehead atoms. The lowest BCUT2D eigenvalue weighted by atomic mass is 9.77. The molecule has 0 atom stereocenters. The van der Waals surface area contributed by atoms with Crippen molar-refractivity contribution < 1.29 is 0 Å². The second-order valence-electron chi connectivity index (χ2n) is 3.85. The third kappa shape index (κ3) is 1.97. The van der Waals surface area contributed by atoms with Crippen LogP contribution in [0.15, 0.2) is 0 Å². The van der Waals surface area contributed by atoms with E-state index in [9.17, 15) is 0 Å². The summed E-state index contributed by atoms with van der Waals surface area (Å²) in [7, 11) is 0. The van der Waals surface area contributed by atoms with E-state index < -0.39 is 0 Å². The highest BCUT2D eigenvalue weighted by Crippen LogP contribution is 2.30. The maximum absolute atomic E-state index is 5.44. The molecule has 1 rings (SSSR count). The third-order valence-corrected chi connectivity index (χ3v) is 2.33. The third-order valence-electron chi connectivity index (χ3n) is 2.33. The summed E-state index contributed by atoms with van der Waals surface area (Å²) in [6, 6.07) is 0. The van der Waals surface area contributed by atoms with Gasteiger partial charge in [0.05, 0.1) is 5.54 Å². The zero-order valence-electron chi connectivity index (χ0n) is 7.48. The molecule has 11 heavy (non-hydrogen) atoms. The maximum Gasteiger partial charge on any atom is 0.0798 e. The second kappa shape index (κ2) is 3.28. The molecule has 62 valence electrons. The van der Waals surface area contributed by atoms with E-state index in [1.165, 1.54) is 6.42 Å². The molecule has 0 aromatic heterocycles. The Morgan fingerprint density at radius 2 is 2.18 bits per heavy atom. The van der Waals surface area contributed by atoms with Crippen molar-refractivity contribution in [3.05, 3.63) is 0 Å². The Balaban J connectivity index is 2.29. The standard InChI is InChI=1S/C10H17N/c1-4-10(6-5-7-10)11-8-9(2)3/h1,9,11H,5-8H2,2-3H3. The molecule has 0 amide bonds. The van der Waals surface area contributed by atoms with Crippen LogP contribution >= 0.6 is 0 Å². The second-order valence-corrected chi connectivity index (χ2v) is 3.85. The van der Waals surface area contributed by atoms with Crippen molar-refractivity contribution in [3.8, 4) is 12.3 Å². The van der Waals surface area contributed by atoms with Gasteiger partial charge in [0.15, 0.2) is 0 Å². The predicted molar refractivity (Wildman–Crippen MR) is 48.3 cm³/mol. The van der Waals surface area contributed by atoms with Crippen molar-refractivity contribution in [1.82, 2.24) is 5.32 Å². The Labute approximate surface area is 69.6 Å². The molecule has 0 spiro atoms. The molecule has 0 aromatic carbocycles. The molecule has 0 aliphatic heterocycles. The van der Waals surface area contributed by atoms with Gasteiger partial charge in [-0.15, -0.1) is 6.42 Å². The quantitative estimate of drug-likeness (QED) is 0.606. The van der Waals surface area contributed by atoms with Gasteiger partial charge < -0.3 is 5.32 Å². The van der Waals surface area contributed by atoms with Crippen LogP contribution in [-0.2, 0) is 0 Å². The molecule has 1 N–H and O–H groups in total. The van der Waals surface area contributed by atoms with Crippen molar-refractivity contribution in [2.24, 2.45) is 5.92 Å². The lowest BCUT2D eigenvalue weighted by Crippen LogP contribution is -2.50. The van der Waals surface area contributed by atoms with Gasteiger partial charge in [0.1, 0.15) is 0 Å². The van der Waals surface area contributed by atoms with Crippen molar-refractivity contribution in [1.29, 1.82) is 0 Å². The van der Waals surface area contributed by atoms with Crippen molar-refractivity contribution >= 4 is 0 Å². The van der Waals surface area contributed by atoms with Crippen molar-refractivity contribution in [3.63, 3.8) is 0 Å². The van der Waals surface area contributed by atoms with Crippen LogP contribution in [0.5, 0.6) is 0 Å². The lowest BCUT2D eigenvalue weighted by molar-refractivity contribution is 0.249. The topological polar surface area (TPSA) is 12.0 Å². The molecule has 1 fully saturated rings. The highest BCUT2D eigenvalue weighted by atomic mass is 15.0. The van der Waals surface area contributed by atoms with E-state index in [0.717, 1.165) is 19.4 Å². The molecule has 1 aliphatic carbocycles. The fraction of sp³-hybridized carbons (Fsp3) is 0.800. The molecular weight excluding hydrogens is 134 g/mol. The fourth-order valence-electron chi connectivity index (χ4n) is 1.30. The van der Waals surface area contributed by atoms with Crippen LogP contribution in [0.25, 0.3) is 0 Å². The van der Waals surface area contributed by atoms with E-state index in [-0.39, 0.29) is 5.54 Å². The van der Waals surface area contributed by atoms with Gasteiger partial charge in [0, 0.05) is 0 Å². The van der Waals surface area contributed by atoms with Crippen LogP contribution in [0.1, 0.15) is 33.1 Å². The first-order valence-electron chi connectivity index (χ1n) is 4.41. The van der Waals surface area contributed by atoms with E-state index in [4.69, 9.17) is 6.42 Å². The van der Waals surface area contributed by atoms with Gasteiger partial charge in [0.2, 0.25) is 0 Å². The summed E-state index contributed by atoms with van der Waals surface area (Å²) in [5.74, 6) is 3.55. The van der Waals surface area contributed by atoms with Gasteiger partial charge in [0.25, 0.3) is 0 Å². The molecule has 1 heteroatoms. The zero-order chi connectivity index (χ0) is 8.32. The first kappa shape index (κ1) is 8.62. The zero-order valence-corrected chi connectivity index (χ0v) is 7.48. The fourth-order valence-corrected chi connectivity index (χ4v) is 1.30. The number of terminal acetylenes is 1. The van der Waals surface area contributed by atoms with Crippen LogP contribution in [0, 0.1) is 18.3 Å². The molecule has 0 radical (unpaired) electrons. The van der Waals surface area contributed by atoms with Crippen LogP contribution in [0.3, 0.4) is 0 Å². The molecule has 0 saturated heterocycles. The summed E-state index contributed by atoms with van der Waals surface area (Å²) in [6.07, 6.45) is 9.06. The SMILES string of the molecule is C#CC1(NCC(C)C)CCC1. The highest BCUT2D eigenvalue weighted by Gasteiger charge is 2.34. The molecule has 1 saturated carbocycles. The molecule has 0 aromatic rings. The normalized spacial score (nSPS) is 20.9. The number of nitrogens with one attached hydrogen (secondary N) is 1. The Kier molecular flexibility index (Phi) is 2.57.